The number of hydrogen-bond donors (Lipinski definition) is 2. The van der Waals surface area contributed by atoms with E-state index in [1.54, 1.807) is 36.0 Å². The molecule has 7 heteroatoms. The first-order valence-corrected chi connectivity index (χ1v) is 9.56. The quantitative estimate of drug-likeness (QED) is 0.464. The molecular weight excluding hydrogens is 378 g/mol. The molecular formula is C23H23N5O2. The van der Waals surface area contributed by atoms with Gasteiger partial charge in [-0.1, -0.05) is 36.0 Å². The summed E-state index contributed by atoms with van der Waals surface area (Å²) in [7, 11) is 1.88. The van der Waals surface area contributed by atoms with Crippen LogP contribution in [0.5, 0.6) is 0 Å². The van der Waals surface area contributed by atoms with Crippen molar-refractivity contribution in [2.24, 2.45) is 7.05 Å². The fourth-order valence-electron chi connectivity index (χ4n) is 3.40. The lowest BCUT2D eigenvalue weighted by molar-refractivity contribution is 0.0687. The van der Waals surface area contributed by atoms with Crippen molar-refractivity contribution in [2.45, 2.75) is 19.4 Å². The van der Waals surface area contributed by atoms with Gasteiger partial charge in [0, 0.05) is 53.8 Å². The van der Waals surface area contributed by atoms with Crippen molar-refractivity contribution < 1.29 is 9.63 Å². The monoisotopic (exact) mass is 401 g/mol. The molecule has 4 aromatic rings. The fourth-order valence-corrected chi connectivity index (χ4v) is 3.40. The lowest BCUT2D eigenvalue weighted by Crippen LogP contribution is -2.22. The Morgan fingerprint density at radius 1 is 1.30 bits per heavy atom. The summed E-state index contributed by atoms with van der Waals surface area (Å²) in [5, 5.41) is 20.4. The molecule has 0 aromatic carbocycles. The number of aromatic nitrogens is 5. The van der Waals surface area contributed by atoms with Gasteiger partial charge in [-0.05, 0) is 25.5 Å². The van der Waals surface area contributed by atoms with Crippen LogP contribution in [-0.2, 0) is 12.6 Å². The van der Waals surface area contributed by atoms with Gasteiger partial charge in [-0.25, -0.2) is 4.98 Å². The summed E-state index contributed by atoms with van der Waals surface area (Å²) in [5.41, 5.74) is 3.44. The average molecular weight is 401 g/mol. The van der Waals surface area contributed by atoms with Crippen LogP contribution in [0.15, 0.2) is 77.9 Å². The van der Waals surface area contributed by atoms with Crippen LogP contribution in [-0.4, -0.2) is 30.0 Å². The smallest absolute Gasteiger partial charge is 0.173 e. The van der Waals surface area contributed by atoms with E-state index < -0.39 is 5.60 Å². The zero-order chi connectivity index (χ0) is 21.3. The molecule has 0 saturated carbocycles. The third-order valence-electron chi connectivity index (χ3n) is 5.04. The van der Waals surface area contributed by atoms with Crippen LogP contribution >= 0.6 is 0 Å². The van der Waals surface area contributed by atoms with E-state index in [0.29, 0.717) is 17.0 Å². The number of pyridine rings is 1. The summed E-state index contributed by atoms with van der Waals surface area (Å²) < 4.78 is 7.29. The predicted octanol–water partition coefficient (Wildman–Crippen LogP) is 4.51. The molecule has 152 valence electrons. The van der Waals surface area contributed by atoms with Crippen molar-refractivity contribution in [3.63, 3.8) is 0 Å². The first-order chi connectivity index (χ1) is 14.4. The highest BCUT2D eigenvalue weighted by Gasteiger charge is 2.31. The minimum Gasteiger partial charge on any atom is -0.377 e. The van der Waals surface area contributed by atoms with Crippen LogP contribution in [0.25, 0.3) is 33.4 Å². The number of allylic oxidation sites excluding steroid dienone is 3. The fraction of sp³-hybridized carbons (Fsp3) is 0.174. The number of rotatable bonds is 6. The Hall–Kier alpha value is -3.71. The molecule has 2 N–H and O–H groups in total. The summed E-state index contributed by atoms with van der Waals surface area (Å²) in [6.07, 6.45) is 14.4. The Labute approximate surface area is 174 Å². The molecule has 30 heavy (non-hydrogen) atoms. The number of hydrogen-bond acceptors (Lipinski definition) is 5. The van der Waals surface area contributed by atoms with Gasteiger partial charge in [0.05, 0.1) is 6.20 Å². The van der Waals surface area contributed by atoms with Crippen LogP contribution in [0.4, 0.5) is 0 Å². The topological polar surface area (TPSA) is 92.8 Å². The minimum absolute atomic E-state index is 0.342. The maximum atomic E-state index is 11.1. The van der Waals surface area contributed by atoms with E-state index in [9.17, 15) is 5.11 Å². The molecule has 0 aliphatic carbocycles. The maximum absolute atomic E-state index is 11.1. The summed E-state index contributed by atoms with van der Waals surface area (Å²) in [6, 6.07) is 3.79. The second kappa shape index (κ2) is 7.61. The Morgan fingerprint density at radius 2 is 2.13 bits per heavy atom. The van der Waals surface area contributed by atoms with Gasteiger partial charge in [0.25, 0.3) is 0 Å². The second-order valence-corrected chi connectivity index (χ2v) is 7.23. The zero-order valence-corrected chi connectivity index (χ0v) is 17.1. The Morgan fingerprint density at radius 3 is 2.83 bits per heavy atom. The van der Waals surface area contributed by atoms with Gasteiger partial charge in [0.1, 0.15) is 16.9 Å². The van der Waals surface area contributed by atoms with Crippen molar-refractivity contribution in [3.8, 4) is 22.4 Å². The van der Waals surface area contributed by atoms with Gasteiger partial charge >= 0.3 is 0 Å². The standard InChI is InChI=1S/C23H23N5O2/c1-5-7-17(8-6-2)23(3,29)21-10-20(27-30-21)19-13-25-22-18(19)9-15(11-24-22)16-12-26-28(4)14-16/h5-14,29H,1H2,2-4H3,(H,24,25). The third-order valence-corrected chi connectivity index (χ3v) is 5.04. The summed E-state index contributed by atoms with van der Waals surface area (Å²) >= 11 is 0. The number of aliphatic hydroxyl groups is 1. The third kappa shape index (κ3) is 3.40. The number of nitrogens with one attached hydrogen (secondary N) is 1. The number of fused-ring (bicyclic) bond motifs is 1. The van der Waals surface area contributed by atoms with Gasteiger partial charge in [0.2, 0.25) is 0 Å². The van der Waals surface area contributed by atoms with E-state index in [4.69, 9.17) is 4.52 Å². The first kappa shape index (κ1) is 19.6. The molecule has 4 heterocycles. The summed E-state index contributed by atoms with van der Waals surface area (Å²) in [6.45, 7) is 7.28. The molecule has 0 spiro atoms. The zero-order valence-electron chi connectivity index (χ0n) is 17.1. The molecule has 1 unspecified atom stereocenters. The van der Waals surface area contributed by atoms with Gasteiger partial charge in [-0.2, -0.15) is 5.10 Å². The maximum Gasteiger partial charge on any atom is 0.173 e. The Balaban J connectivity index is 1.76. The number of nitrogens with zero attached hydrogens (tertiary/aromatic N) is 4. The Kier molecular flexibility index (Phi) is 4.97. The van der Waals surface area contributed by atoms with Crippen molar-refractivity contribution in [2.75, 3.05) is 0 Å². The lowest BCUT2D eigenvalue weighted by Gasteiger charge is -2.21. The highest BCUT2D eigenvalue weighted by Crippen LogP contribution is 2.35. The predicted molar refractivity (Wildman–Crippen MR) is 116 cm³/mol. The van der Waals surface area contributed by atoms with Crippen LogP contribution in [0.1, 0.15) is 19.6 Å². The lowest BCUT2D eigenvalue weighted by atomic mass is 9.91. The van der Waals surface area contributed by atoms with E-state index in [2.05, 4.69) is 26.8 Å². The van der Waals surface area contributed by atoms with Crippen LogP contribution in [0.3, 0.4) is 0 Å². The largest absolute Gasteiger partial charge is 0.377 e. The number of H-pyrrole nitrogens is 1. The number of aromatic amines is 1. The highest BCUT2D eigenvalue weighted by molar-refractivity contribution is 5.94. The van der Waals surface area contributed by atoms with E-state index in [1.807, 2.05) is 50.8 Å². The molecule has 0 saturated heterocycles. The molecule has 7 nitrogen and oxygen atoms in total. The summed E-state index contributed by atoms with van der Waals surface area (Å²) in [4.78, 5) is 7.69. The second-order valence-electron chi connectivity index (χ2n) is 7.23. The molecule has 0 amide bonds. The molecule has 1 atom stereocenters. The van der Waals surface area contributed by atoms with E-state index in [-0.39, 0.29) is 0 Å². The van der Waals surface area contributed by atoms with Gasteiger partial charge in [-0.15, -0.1) is 0 Å². The van der Waals surface area contributed by atoms with Gasteiger partial charge in [0.15, 0.2) is 5.76 Å². The SMILES string of the molecule is C=CC=C(C=CC)C(C)(O)c1cc(-c2c[nH]c3ncc(-c4cnn(C)c4)cc23)no1. The van der Waals surface area contributed by atoms with Crippen molar-refractivity contribution >= 4 is 11.0 Å². The Bertz CT molecular complexity index is 1270. The summed E-state index contributed by atoms with van der Waals surface area (Å²) in [5.74, 6) is 0.342. The molecule has 0 radical (unpaired) electrons. The van der Waals surface area contributed by atoms with Crippen molar-refractivity contribution in [1.29, 1.82) is 0 Å². The highest BCUT2D eigenvalue weighted by atomic mass is 16.5. The van der Waals surface area contributed by atoms with Crippen molar-refractivity contribution in [3.05, 3.63) is 79.1 Å². The number of aryl methyl sites for hydroxylation is 1. The first-order valence-electron chi connectivity index (χ1n) is 9.56. The van der Waals surface area contributed by atoms with Crippen LogP contribution in [0, 0.1) is 0 Å². The molecule has 0 aliphatic heterocycles. The molecule has 0 aliphatic rings. The average Bonchev–Trinajstić information content (AvgIpc) is 3.46. The minimum atomic E-state index is -1.35. The molecule has 0 bridgehead atoms. The van der Waals surface area contributed by atoms with Crippen LogP contribution < -0.4 is 0 Å². The molecule has 4 rings (SSSR count). The van der Waals surface area contributed by atoms with E-state index in [0.717, 1.165) is 27.7 Å². The molecule has 4 aromatic heterocycles. The van der Waals surface area contributed by atoms with Crippen LogP contribution in [0.2, 0.25) is 0 Å². The molecule has 0 fully saturated rings. The van der Waals surface area contributed by atoms with Crippen molar-refractivity contribution in [1.82, 2.24) is 24.9 Å². The van der Waals surface area contributed by atoms with Gasteiger partial charge in [-0.3, -0.25) is 4.68 Å². The van der Waals surface area contributed by atoms with E-state index in [1.165, 1.54) is 0 Å². The normalized spacial score (nSPS) is 14.5. The van der Waals surface area contributed by atoms with Gasteiger partial charge < -0.3 is 14.6 Å². The van der Waals surface area contributed by atoms with E-state index >= 15 is 0 Å².